The SMILES string of the molecule is CC(C)CN(C1CC1)C1CCN(C(=O)c2cccnc2)[C@@H](C(=O)NCC2CCC(CN)CC2)C1. The number of hydrogen-bond acceptors (Lipinski definition) is 5. The van der Waals surface area contributed by atoms with Crippen molar-refractivity contribution in [2.24, 2.45) is 23.5 Å². The second-order valence-corrected chi connectivity index (χ2v) is 11.1. The Hall–Kier alpha value is -1.99. The summed E-state index contributed by atoms with van der Waals surface area (Å²) in [4.78, 5) is 35.4. The molecule has 0 bridgehead atoms. The summed E-state index contributed by atoms with van der Waals surface area (Å²) >= 11 is 0. The number of amides is 2. The molecule has 0 radical (unpaired) electrons. The van der Waals surface area contributed by atoms with Gasteiger partial charge in [-0.05, 0) is 87.8 Å². The van der Waals surface area contributed by atoms with Gasteiger partial charge in [-0.15, -0.1) is 0 Å². The van der Waals surface area contributed by atoms with Crippen molar-refractivity contribution >= 4 is 11.8 Å². The minimum Gasteiger partial charge on any atom is -0.354 e. The normalized spacial score (nSPS) is 27.7. The molecule has 2 amide bonds. The fourth-order valence-electron chi connectivity index (χ4n) is 5.85. The minimum atomic E-state index is -0.430. The summed E-state index contributed by atoms with van der Waals surface area (Å²) in [6.07, 6.45) is 12.0. The van der Waals surface area contributed by atoms with E-state index in [2.05, 4.69) is 29.0 Å². The second kappa shape index (κ2) is 11.6. The van der Waals surface area contributed by atoms with E-state index in [1.54, 1.807) is 29.4 Å². The first-order valence-corrected chi connectivity index (χ1v) is 13.4. The van der Waals surface area contributed by atoms with Crippen LogP contribution in [0.3, 0.4) is 0 Å². The molecule has 2 heterocycles. The van der Waals surface area contributed by atoms with Gasteiger partial charge in [-0.1, -0.05) is 13.8 Å². The molecule has 2 saturated carbocycles. The molecule has 1 unspecified atom stereocenters. The van der Waals surface area contributed by atoms with Gasteiger partial charge in [-0.3, -0.25) is 19.5 Å². The van der Waals surface area contributed by atoms with Crippen molar-refractivity contribution in [1.29, 1.82) is 0 Å². The molecule has 3 fully saturated rings. The van der Waals surface area contributed by atoms with Crippen LogP contribution >= 0.6 is 0 Å². The maximum Gasteiger partial charge on any atom is 0.256 e. The lowest BCUT2D eigenvalue weighted by atomic mass is 9.82. The van der Waals surface area contributed by atoms with Crippen LogP contribution in [0.1, 0.15) is 75.6 Å². The van der Waals surface area contributed by atoms with Crippen molar-refractivity contribution in [3.8, 4) is 0 Å². The van der Waals surface area contributed by atoms with Gasteiger partial charge >= 0.3 is 0 Å². The molecular formula is C27H43N5O2. The number of nitrogens with one attached hydrogen (secondary N) is 1. The number of piperidine rings is 1. The summed E-state index contributed by atoms with van der Waals surface area (Å²) in [5.41, 5.74) is 6.39. The lowest BCUT2D eigenvalue weighted by Crippen LogP contribution is -2.58. The van der Waals surface area contributed by atoms with Crippen LogP contribution in [-0.2, 0) is 4.79 Å². The van der Waals surface area contributed by atoms with Gasteiger partial charge in [0.1, 0.15) is 6.04 Å². The van der Waals surface area contributed by atoms with E-state index >= 15 is 0 Å². The highest BCUT2D eigenvalue weighted by atomic mass is 16.2. The monoisotopic (exact) mass is 469 g/mol. The predicted octanol–water partition coefficient (Wildman–Crippen LogP) is 3.06. The summed E-state index contributed by atoms with van der Waals surface area (Å²) in [5, 5.41) is 3.24. The van der Waals surface area contributed by atoms with Crippen LogP contribution in [-0.4, -0.2) is 70.9 Å². The van der Waals surface area contributed by atoms with Gasteiger partial charge in [0.25, 0.3) is 5.91 Å². The standard InChI is InChI=1S/C27H43N5O2/c1-19(2)18-32(23-9-10-23)24-11-13-31(27(34)22-4-3-12-29-17-22)25(14-24)26(33)30-16-21-7-5-20(15-28)6-8-21/h3-4,12,17,19-21,23-25H,5-11,13-16,18,28H2,1-2H3,(H,30,33)/t20?,21?,24?,25-/m1/s1. The number of pyridine rings is 1. The first kappa shape index (κ1) is 25.1. The van der Waals surface area contributed by atoms with E-state index in [-0.39, 0.29) is 11.8 Å². The van der Waals surface area contributed by atoms with Gasteiger partial charge in [0.05, 0.1) is 5.56 Å². The maximum atomic E-state index is 13.5. The molecule has 7 heteroatoms. The highest BCUT2D eigenvalue weighted by Crippen LogP contribution is 2.34. The summed E-state index contributed by atoms with van der Waals surface area (Å²) in [5.74, 6) is 1.65. The number of nitrogens with zero attached hydrogens (tertiary/aromatic N) is 3. The Kier molecular flexibility index (Phi) is 8.59. The molecule has 188 valence electrons. The fraction of sp³-hybridized carbons (Fsp3) is 0.741. The van der Waals surface area contributed by atoms with Crippen molar-refractivity contribution in [3.63, 3.8) is 0 Å². The van der Waals surface area contributed by atoms with E-state index in [9.17, 15) is 9.59 Å². The zero-order chi connectivity index (χ0) is 24.1. The summed E-state index contributed by atoms with van der Waals surface area (Å²) in [6, 6.07) is 4.14. The van der Waals surface area contributed by atoms with Gasteiger partial charge in [-0.2, -0.15) is 0 Å². The first-order valence-electron chi connectivity index (χ1n) is 13.4. The smallest absolute Gasteiger partial charge is 0.256 e. The fourth-order valence-corrected chi connectivity index (χ4v) is 5.85. The van der Waals surface area contributed by atoms with Gasteiger partial charge in [0, 0.05) is 44.1 Å². The average Bonchev–Trinajstić information content (AvgIpc) is 3.71. The molecule has 2 aliphatic carbocycles. The number of carbonyl (C=O) groups excluding carboxylic acids is 2. The third kappa shape index (κ3) is 6.36. The number of carbonyl (C=O) groups is 2. The molecule has 1 aromatic heterocycles. The Bertz CT molecular complexity index is 804. The lowest BCUT2D eigenvalue weighted by molar-refractivity contribution is -0.128. The molecule has 0 aromatic carbocycles. The Morgan fingerprint density at radius 3 is 2.47 bits per heavy atom. The number of nitrogens with two attached hydrogens (primary N) is 1. The largest absolute Gasteiger partial charge is 0.354 e. The topological polar surface area (TPSA) is 91.6 Å². The van der Waals surface area contributed by atoms with Crippen LogP contribution < -0.4 is 11.1 Å². The van der Waals surface area contributed by atoms with Crippen LogP contribution in [0.4, 0.5) is 0 Å². The molecule has 2 atom stereocenters. The van der Waals surface area contributed by atoms with Gasteiger partial charge in [-0.25, -0.2) is 0 Å². The van der Waals surface area contributed by atoms with E-state index in [0.717, 1.165) is 45.2 Å². The maximum absolute atomic E-state index is 13.5. The first-order chi connectivity index (χ1) is 16.5. The number of rotatable bonds is 9. The van der Waals surface area contributed by atoms with Crippen molar-refractivity contribution in [3.05, 3.63) is 30.1 Å². The zero-order valence-corrected chi connectivity index (χ0v) is 21.0. The molecule has 7 nitrogen and oxygen atoms in total. The summed E-state index contributed by atoms with van der Waals surface area (Å²) in [6.45, 7) is 7.66. The van der Waals surface area contributed by atoms with Crippen molar-refractivity contribution in [1.82, 2.24) is 20.1 Å². The Labute approximate surface area is 204 Å². The van der Waals surface area contributed by atoms with Gasteiger partial charge in [0.2, 0.25) is 5.91 Å². The lowest BCUT2D eigenvalue weighted by Gasteiger charge is -2.43. The van der Waals surface area contributed by atoms with Crippen LogP contribution in [0.25, 0.3) is 0 Å². The van der Waals surface area contributed by atoms with E-state index in [4.69, 9.17) is 5.73 Å². The average molecular weight is 470 g/mol. The highest BCUT2D eigenvalue weighted by molar-refractivity contribution is 5.97. The molecule has 1 saturated heterocycles. The third-order valence-corrected chi connectivity index (χ3v) is 7.97. The van der Waals surface area contributed by atoms with Crippen molar-refractivity contribution < 1.29 is 9.59 Å². The molecule has 1 aliphatic heterocycles. The molecule has 3 N–H and O–H groups in total. The van der Waals surface area contributed by atoms with Gasteiger partial charge < -0.3 is 16.0 Å². The number of aromatic nitrogens is 1. The highest BCUT2D eigenvalue weighted by Gasteiger charge is 2.42. The zero-order valence-electron chi connectivity index (χ0n) is 21.0. The molecule has 1 aromatic rings. The van der Waals surface area contributed by atoms with Crippen molar-refractivity contribution in [2.45, 2.75) is 83.3 Å². The number of likely N-dealkylation sites (tertiary alicyclic amines) is 1. The summed E-state index contributed by atoms with van der Waals surface area (Å²) < 4.78 is 0. The van der Waals surface area contributed by atoms with Crippen molar-refractivity contribution in [2.75, 3.05) is 26.2 Å². The quantitative estimate of drug-likeness (QED) is 0.580. The van der Waals surface area contributed by atoms with Crippen LogP contribution in [0.5, 0.6) is 0 Å². The van der Waals surface area contributed by atoms with Crippen LogP contribution in [0.2, 0.25) is 0 Å². The molecular weight excluding hydrogens is 426 g/mol. The van der Waals surface area contributed by atoms with Crippen LogP contribution in [0.15, 0.2) is 24.5 Å². The third-order valence-electron chi connectivity index (χ3n) is 7.97. The van der Waals surface area contributed by atoms with E-state index < -0.39 is 6.04 Å². The second-order valence-electron chi connectivity index (χ2n) is 11.1. The van der Waals surface area contributed by atoms with E-state index in [1.165, 1.54) is 12.8 Å². The predicted molar refractivity (Wildman–Crippen MR) is 134 cm³/mol. The van der Waals surface area contributed by atoms with E-state index in [0.29, 0.717) is 54.9 Å². The summed E-state index contributed by atoms with van der Waals surface area (Å²) in [7, 11) is 0. The van der Waals surface area contributed by atoms with Gasteiger partial charge in [0.15, 0.2) is 0 Å². The van der Waals surface area contributed by atoms with Crippen LogP contribution in [0, 0.1) is 17.8 Å². The molecule has 0 spiro atoms. The Morgan fingerprint density at radius 1 is 1.12 bits per heavy atom. The Balaban J connectivity index is 1.44. The molecule has 4 rings (SSSR count). The molecule has 3 aliphatic rings. The Morgan fingerprint density at radius 2 is 1.85 bits per heavy atom. The number of hydrogen-bond donors (Lipinski definition) is 2. The molecule has 34 heavy (non-hydrogen) atoms. The minimum absolute atomic E-state index is 0.00295. The van der Waals surface area contributed by atoms with E-state index in [1.807, 2.05) is 0 Å².